The molecule has 1 unspecified atom stereocenters. The molecule has 0 aliphatic heterocycles. The van der Waals surface area contributed by atoms with Crippen molar-refractivity contribution < 1.29 is 9.53 Å². The summed E-state index contributed by atoms with van der Waals surface area (Å²) in [6.07, 6.45) is 0.881. The molecule has 2 N–H and O–H groups in total. The first kappa shape index (κ1) is 16.9. The van der Waals surface area contributed by atoms with Crippen LogP contribution in [0, 0.1) is 0 Å². The molecule has 0 aliphatic rings. The van der Waals surface area contributed by atoms with E-state index in [0.29, 0.717) is 5.56 Å². The van der Waals surface area contributed by atoms with Gasteiger partial charge in [-0.2, -0.15) is 0 Å². The molecule has 0 bridgehead atoms. The van der Waals surface area contributed by atoms with Gasteiger partial charge in [0, 0.05) is 6.04 Å². The zero-order valence-electron chi connectivity index (χ0n) is 11.4. The van der Waals surface area contributed by atoms with Gasteiger partial charge in [0.25, 0.3) is 0 Å². The third-order valence-electron chi connectivity index (χ3n) is 2.41. The summed E-state index contributed by atoms with van der Waals surface area (Å²) in [5.74, 6) is -0.297. The van der Waals surface area contributed by atoms with Crippen LogP contribution in [0.15, 0.2) is 24.3 Å². The highest BCUT2D eigenvalue weighted by Gasteiger charge is 2.17. The van der Waals surface area contributed by atoms with E-state index in [1.54, 1.807) is 12.1 Å². The van der Waals surface area contributed by atoms with Crippen LogP contribution >= 0.6 is 12.4 Å². The summed E-state index contributed by atoms with van der Waals surface area (Å²) < 4.78 is 5.28. The molecule has 0 radical (unpaired) electrons. The molecule has 18 heavy (non-hydrogen) atoms. The van der Waals surface area contributed by atoms with Crippen LogP contribution in [0.5, 0.6) is 0 Å². The standard InChI is InChI=1S/C14H21NO2.ClH/c1-5-12(15)10-6-8-11(9-7-10)13(16)17-14(2,3)4;/h6-9,12H,5,15H2,1-4H3;1H. The summed E-state index contributed by atoms with van der Waals surface area (Å²) >= 11 is 0. The first-order valence-electron chi connectivity index (χ1n) is 5.92. The van der Waals surface area contributed by atoms with E-state index in [1.165, 1.54) is 0 Å². The van der Waals surface area contributed by atoms with Crippen molar-refractivity contribution in [3.63, 3.8) is 0 Å². The molecule has 0 heterocycles. The Morgan fingerprint density at radius 3 is 2.17 bits per heavy atom. The van der Waals surface area contributed by atoms with Crippen LogP contribution in [0.2, 0.25) is 0 Å². The third kappa shape index (κ3) is 5.07. The minimum absolute atomic E-state index is 0. The number of esters is 1. The van der Waals surface area contributed by atoms with E-state index in [9.17, 15) is 4.79 Å². The number of hydrogen-bond donors (Lipinski definition) is 1. The lowest BCUT2D eigenvalue weighted by atomic mass is 10.0. The summed E-state index contributed by atoms with van der Waals surface area (Å²) in [4.78, 5) is 11.8. The molecule has 0 spiro atoms. The van der Waals surface area contributed by atoms with Crippen LogP contribution in [0.3, 0.4) is 0 Å². The van der Waals surface area contributed by atoms with E-state index in [-0.39, 0.29) is 24.4 Å². The van der Waals surface area contributed by atoms with E-state index < -0.39 is 5.60 Å². The molecule has 4 heteroatoms. The van der Waals surface area contributed by atoms with Crippen LogP contribution < -0.4 is 5.73 Å². The predicted octanol–water partition coefficient (Wildman–Crippen LogP) is 3.47. The molecule has 1 atom stereocenters. The Balaban J connectivity index is 0.00000289. The Hall–Kier alpha value is -1.06. The second-order valence-corrected chi connectivity index (χ2v) is 5.14. The lowest BCUT2D eigenvalue weighted by molar-refractivity contribution is 0.00695. The Labute approximate surface area is 115 Å². The van der Waals surface area contributed by atoms with Crippen molar-refractivity contribution in [3.8, 4) is 0 Å². The minimum atomic E-state index is -0.463. The molecular formula is C14H22ClNO2. The fourth-order valence-electron chi connectivity index (χ4n) is 1.44. The molecule has 0 aliphatic carbocycles. The third-order valence-corrected chi connectivity index (χ3v) is 2.41. The molecular weight excluding hydrogens is 250 g/mol. The quantitative estimate of drug-likeness (QED) is 0.857. The van der Waals surface area contributed by atoms with Gasteiger partial charge >= 0.3 is 5.97 Å². The second kappa shape index (κ2) is 6.76. The van der Waals surface area contributed by atoms with Gasteiger partial charge in [-0.15, -0.1) is 12.4 Å². The van der Waals surface area contributed by atoms with E-state index in [1.807, 2.05) is 39.8 Å². The molecule has 3 nitrogen and oxygen atoms in total. The minimum Gasteiger partial charge on any atom is -0.456 e. The molecule has 1 aromatic carbocycles. The van der Waals surface area contributed by atoms with Crippen molar-refractivity contribution in [1.29, 1.82) is 0 Å². The summed E-state index contributed by atoms with van der Waals surface area (Å²) in [5, 5.41) is 0. The maximum Gasteiger partial charge on any atom is 0.338 e. The van der Waals surface area contributed by atoms with Crippen LogP contribution in [-0.2, 0) is 4.74 Å². The van der Waals surface area contributed by atoms with Gasteiger partial charge in [-0.05, 0) is 44.9 Å². The SMILES string of the molecule is CCC(N)c1ccc(C(=O)OC(C)(C)C)cc1.Cl. The van der Waals surface area contributed by atoms with Gasteiger partial charge in [-0.3, -0.25) is 0 Å². The van der Waals surface area contributed by atoms with Crippen LogP contribution in [-0.4, -0.2) is 11.6 Å². The highest BCUT2D eigenvalue weighted by molar-refractivity contribution is 5.89. The first-order valence-corrected chi connectivity index (χ1v) is 5.92. The number of benzene rings is 1. The topological polar surface area (TPSA) is 52.3 Å². The Morgan fingerprint density at radius 2 is 1.78 bits per heavy atom. The summed E-state index contributed by atoms with van der Waals surface area (Å²) in [5.41, 5.74) is 7.05. The Bertz CT molecular complexity index is 382. The average Bonchev–Trinajstić information content (AvgIpc) is 2.26. The number of ether oxygens (including phenoxy) is 1. The van der Waals surface area contributed by atoms with E-state index in [4.69, 9.17) is 10.5 Å². The van der Waals surface area contributed by atoms with Crippen molar-refractivity contribution >= 4 is 18.4 Å². The summed E-state index contributed by atoms with van der Waals surface area (Å²) in [7, 11) is 0. The van der Waals surface area contributed by atoms with Gasteiger partial charge in [0.2, 0.25) is 0 Å². The number of hydrogen-bond acceptors (Lipinski definition) is 3. The molecule has 0 fully saturated rings. The maximum absolute atomic E-state index is 11.8. The van der Waals surface area contributed by atoms with Crippen LogP contribution in [0.25, 0.3) is 0 Å². The van der Waals surface area contributed by atoms with E-state index in [2.05, 4.69) is 0 Å². The van der Waals surface area contributed by atoms with Crippen LogP contribution in [0.1, 0.15) is 56.1 Å². The van der Waals surface area contributed by atoms with E-state index >= 15 is 0 Å². The van der Waals surface area contributed by atoms with Gasteiger partial charge in [-0.1, -0.05) is 19.1 Å². The van der Waals surface area contributed by atoms with Crippen molar-refractivity contribution in [3.05, 3.63) is 35.4 Å². The number of nitrogens with two attached hydrogens (primary N) is 1. The highest BCUT2D eigenvalue weighted by atomic mass is 35.5. The maximum atomic E-state index is 11.8. The Morgan fingerprint density at radius 1 is 1.28 bits per heavy atom. The lowest BCUT2D eigenvalue weighted by Crippen LogP contribution is -2.23. The van der Waals surface area contributed by atoms with Gasteiger partial charge in [0.1, 0.15) is 5.60 Å². The van der Waals surface area contributed by atoms with Crippen molar-refractivity contribution in [1.82, 2.24) is 0 Å². The highest BCUT2D eigenvalue weighted by Crippen LogP contribution is 2.16. The zero-order valence-corrected chi connectivity index (χ0v) is 12.2. The molecule has 102 valence electrons. The smallest absolute Gasteiger partial charge is 0.338 e. The number of rotatable bonds is 3. The zero-order chi connectivity index (χ0) is 13.1. The lowest BCUT2D eigenvalue weighted by Gasteiger charge is -2.19. The van der Waals surface area contributed by atoms with Crippen LogP contribution in [0.4, 0.5) is 0 Å². The molecule has 0 aromatic heterocycles. The fourth-order valence-corrected chi connectivity index (χ4v) is 1.44. The van der Waals surface area contributed by atoms with Gasteiger partial charge in [-0.25, -0.2) is 4.79 Å². The van der Waals surface area contributed by atoms with Gasteiger partial charge in [0.05, 0.1) is 5.56 Å². The largest absolute Gasteiger partial charge is 0.456 e. The van der Waals surface area contributed by atoms with Crippen molar-refractivity contribution in [2.24, 2.45) is 5.73 Å². The monoisotopic (exact) mass is 271 g/mol. The fraction of sp³-hybridized carbons (Fsp3) is 0.500. The number of carbonyl (C=O) groups is 1. The van der Waals surface area contributed by atoms with E-state index in [0.717, 1.165) is 12.0 Å². The number of halogens is 1. The Kier molecular flexibility index (Phi) is 6.36. The molecule has 0 saturated heterocycles. The first-order chi connectivity index (χ1) is 7.83. The van der Waals surface area contributed by atoms with Crippen molar-refractivity contribution in [2.75, 3.05) is 0 Å². The van der Waals surface area contributed by atoms with Gasteiger partial charge in [0.15, 0.2) is 0 Å². The molecule has 0 saturated carbocycles. The predicted molar refractivity (Wildman–Crippen MR) is 76.1 cm³/mol. The number of carbonyl (C=O) groups excluding carboxylic acids is 1. The normalized spacial score (nSPS) is 12.5. The molecule has 1 aromatic rings. The molecule has 1 rings (SSSR count). The second-order valence-electron chi connectivity index (χ2n) is 5.14. The average molecular weight is 272 g/mol. The van der Waals surface area contributed by atoms with Crippen molar-refractivity contribution in [2.45, 2.75) is 45.8 Å². The molecule has 0 amide bonds. The van der Waals surface area contributed by atoms with Gasteiger partial charge < -0.3 is 10.5 Å². The summed E-state index contributed by atoms with van der Waals surface area (Å²) in [6, 6.07) is 7.32. The summed E-state index contributed by atoms with van der Waals surface area (Å²) in [6.45, 7) is 7.59.